The summed E-state index contributed by atoms with van der Waals surface area (Å²) < 4.78 is 5.77. The highest BCUT2D eigenvalue weighted by atomic mass is 16.5. The van der Waals surface area contributed by atoms with E-state index in [2.05, 4.69) is 6.58 Å². The van der Waals surface area contributed by atoms with Crippen molar-refractivity contribution in [3.8, 4) is 0 Å². The third-order valence-electron chi connectivity index (χ3n) is 3.77. The molecule has 0 spiro atoms. The van der Waals surface area contributed by atoms with Gasteiger partial charge in [0.1, 0.15) is 5.60 Å². The monoisotopic (exact) mass is 242 g/mol. The van der Waals surface area contributed by atoms with Crippen LogP contribution >= 0.6 is 0 Å². The number of fused-ring (bicyclic) bond motifs is 2. The Morgan fingerprint density at radius 3 is 2.18 bits per heavy atom. The Morgan fingerprint density at radius 2 is 1.76 bits per heavy atom. The zero-order valence-corrected chi connectivity index (χ0v) is 10.3. The SMILES string of the molecule is C.C=C(OC(C)(C)C)C1CC2CC1[C@H](O)[C@@H]2O. The van der Waals surface area contributed by atoms with E-state index in [1.165, 1.54) is 0 Å². The summed E-state index contributed by atoms with van der Waals surface area (Å²) in [5.74, 6) is 1.34. The van der Waals surface area contributed by atoms with Crippen LogP contribution in [0.4, 0.5) is 0 Å². The standard InChI is InChI=1S/C13H22O3.CH4/c1-7(16-13(2,3)4)9-5-8-6-10(9)12(15)11(8)14;/h8-12,14-15H,1,5-6H2,2-4H3;1H4/t8?,9?,10?,11-,12+;/m1./s1. The third-order valence-corrected chi connectivity index (χ3v) is 3.77. The average Bonchev–Trinajstić information content (AvgIpc) is 2.65. The Kier molecular flexibility index (Phi) is 3.94. The Labute approximate surface area is 104 Å². The van der Waals surface area contributed by atoms with Crippen LogP contribution in [0.15, 0.2) is 12.3 Å². The number of hydrogen-bond donors (Lipinski definition) is 2. The maximum Gasteiger partial charge on any atom is 0.100 e. The molecule has 2 fully saturated rings. The fraction of sp³-hybridized carbons (Fsp3) is 0.857. The predicted octanol–water partition coefficient (Wildman–Crippen LogP) is 2.33. The van der Waals surface area contributed by atoms with E-state index in [0.717, 1.165) is 18.6 Å². The Morgan fingerprint density at radius 1 is 1.18 bits per heavy atom. The molecule has 2 saturated carbocycles. The van der Waals surface area contributed by atoms with Crippen molar-refractivity contribution in [3.63, 3.8) is 0 Å². The molecule has 2 aliphatic rings. The number of rotatable bonds is 2. The highest BCUT2D eigenvalue weighted by Gasteiger charge is 2.53. The average molecular weight is 242 g/mol. The van der Waals surface area contributed by atoms with Crippen LogP contribution in [-0.2, 0) is 4.74 Å². The molecule has 2 bridgehead atoms. The summed E-state index contributed by atoms with van der Waals surface area (Å²) in [6.07, 6.45) is 0.671. The molecular formula is C14H26O3. The van der Waals surface area contributed by atoms with Crippen LogP contribution in [0.25, 0.3) is 0 Å². The van der Waals surface area contributed by atoms with E-state index in [-0.39, 0.29) is 30.8 Å². The first kappa shape index (κ1) is 14.5. The van der Waals surface area contributed by atoms with Crippen molar-refractivity contribution < 1.29 is 14.9 Å². The van der Waals surface area contributed by atoms with E-state index in [0.29, 0.717) is 0 Å². The lowest BCUT2D eigenvalue weighted by molar-refractivity contribution is -0.0470. The molecule has 5 atom stereocenters. The van der Waals surface area contributed by atoms with Crippen LogP contribution in [0.1, 0.15) is 41.0 Å². The largest absolute Gasteiger partial charge is 0.493 e. The molecule has 2 N–H and O–H groups in total. The van der Waals surface area contributed by atoms with Gasteiger partial charge in [0.15, 0.2) is 0 Å². The zero-order chi connectivity index (χ0) is 12.1. The van der Waals surface area contributed by atoms with Crippen LogP contribution in [0.5, 0.6) is 0 Å². The molecule has 0 heterocycles. The van der Waals surface area contributed by atoms with Crippen molar-refractivity contribution in [1.29, 1.82) is 0 Å². The molecular weight excluding hydrogens is 216 g/mol. The summed E-state index contributed by atoms with van der Waals surface area (Å²) in [6.45, 7) is 9.98. The van der Waals surface area contributed by atoms with Crippen molar-refractivity contribution in [1.82, 2.24) is 0 Å². The first-order valence-electron chi connectivity index (χ1n) is 6.03. The van der Waals surface area contributed by atoms with Gasteiger partial charge in [0.25, 0.3) is 0 Å². The minimum absolute atomic E-state index is 0. The van der Waals surface area contributed by atoms with Gasteiger partial charge in [-0.3, -0.25) is 0 Å². The van der Waals surface area contributed by atoms with Gasteiger partial charge < -0.3 is 14.9 Å². The lowest BCUT2D eigenvalue weighted by Crippen LogP contribution is -2.38. The molecule has 3 nitrogen and oxygen atoms in total. The van der Waals surface area contributed by atoms with Crippen LogP contribution in [0.2, 0.25) is 0 Å². The maximum atomic E-state index is 9.86. The van der Waals surface area contributed by atoms with Crippen molar-refractivity contribution in [3.05, 3.63) is 12.3 Å². The van der Waals surface area contributed by atoms with E-state index in [4.69, 9.17) is 4.74 Å². The summed E-state index contributed by atoms with van der Waals surface area (Å²) in [4.78, 5) is 0. The van der Waals surface area contributed by atoms with Gasteiger partial charge in [-0.25, -0.2) is 0 Å². The highest BCUT2D eigenvalue weighted by Crippen LogP contribution is 2.51. The van der Waals surface area contributed by atoms with Crippen molar-refractivity contribution in [2.24, 2.45) is 17.8 Å². The molecule has 3 unspecified atom stereocenters. The van der Waals surface area contributed by atoms with Crippen LogP contribution in [-0.4, -0.2) is 28.0 Å². The molecule has 3 heteroatoms. The Balaban J connectivity index is 0.00000144. The van der Waals surface area contributed by atoms with Crippen LogP contribution in [0.3, 0.4) is 0 Å². The first-order valence-corrected chi connectivity index (χ1v) is 6.03. The molecule has 0 aromatic rings. The van der Waals surface area contributed by atoms with E-state index >= 15 is 0 Å². The van der Waals surface area contributed by atoms with Crippen molar-refractivity contribution >= 4 is 0 Å². The first-order chi connectivity index (χ1) is 7.29. The van der Waals surface area contributed by atoms with Gasteiger partial charge in [-0.05, 0) is 45.4 Å². The van der Waals surface area contributed by atoms with Gasteiger partial charge in [0, 0.05) is 5.92 Å². The van der Waals surface area contributed by atoms with Gasteiger partial charge in [-0.2, -0.15) is 0 Å². The van der Waals surface area contributed by atoms with Crippen LogP contribution in [0, 0.1) is 17.8 Å². The smallest absolute Gasteiger partial charge is 0.100 e. The topological polar surface area (TPSA) is 49.7 Å². The number of aliphatic hydroxyl groups is 2. The van der Waals surface area contributed by atoms with E-state index in [1.54, 1.807) is 0 Å². The molecule has 2 aliphatic carbocycles. The summed E-state index contributed by atoms with van der Waals surface area (Å²) in [6, 6.07) is 0. The summed E-state index contributed by atoms with van der Waals surface area (Å²) in [5, 5.41) is 19.6. The molecule has 0 aliphatic heterocycles. The fourth-order valence-electron chi connectivity index (χ4n) is 3.14. The summed E-state index contributed by atoms with van der Waals surface area (Å²) >= 11 is 0. The van der Waals surface area contributed by atoms with Gasteiger partial charge in [-0.15, -0.1) is 0 Å². The quantitative estimate of drug-likeness (QED) is 0.731. The molecule has 0 aromatic carbocycles. The van der Waals surface area contributed by atoms with E-state index in [1.807, 2.05) is 20.8 Å². The number of aliphatic hydroxyl groups excluding tert-OH is 2. The molecule has 2 rings (SSSR count). The van der Waals surface area contributed by atoms with E-state index < -0.39 is 12.2 Å². The molecule has 0 amide bonds. The second-order valence-electron chi connectivity index (χ2n) is 6.16. The van der Waals surface area contributed by atoms with Gasteiger partial charge >= 0.3 is 0 Å². The number of hydrogen-bond acceptors (Lipinski definition) is 3. The molecule has 0 radical (unpaired) electrons. The summed E-state index contributed by atoms with van der Waals surface area (Å²) in [5.41, 5.74) is -0.234. The highest BCUT2D eigenvalue weighted by molar-refractivity contribution is 5.10. The second-order valence-corrected chi connectivity index (χ2v) is 6.16. The van der Waals surface area contributed by atoms with Gasteiger partial charge in [0.05, 0.1) is 18.0 Å². The van der Waals surface area contributed by atoms with Gasteiger partial charge in [-0.1, -0.05) is 14.0 Å². The maximum absolute atomic E-state index is 9.86. The molecule has 17 heavy (non-hydrogen) atoms. The lowest BCUT2D eigenvalue weighted by atomic mass is 9.84. The van der Waals surface area contributed by atoms with Crippen molar-refractivity contribution in [2.45, 2.75) is 58.8 Å². The van der Waals surface area contributed by atoms with Crippen molar-refractivity contribution in [2.75, 3.05) is 0 Å². The second kappa shape index (κ2) is 4.62. The lowest BCUT2D eigenvalue weighted by Gasteiger charge is -2.33. The summed E-state index contributed by atoms with van der Waals surface area (Å²) in [7, 11) is 0. The Bertz CT molecular complexity index is 290. The normalized spacial score (nSPS) is 39.9. The minimum Gasteiger partial charge on any atom is -0.493 e. The molecule has 0 aromatic heterocycles. The number of ether oxygens (including phenoxy) is 1. The molecule has 0 saturated heterocycles. The third kappa shape index (κ3) is 2.66. The minimum atomic E-state index is -0.593. The molecule has 100 valence electrons. The number of allylic oxidation sites excluding steroid dienone is 1. The van der Waals surface area contributed by atoms with Gasteiger partial charge in [0.2, 0.25) is 0 Å². The zero-order valence-electron chi connectivity index (χ0n) is 10.3. The fourth-order valence-corrected chi connectivity index (χ4v) is 3.14. The Hall–Kier alpha value is -0.540. The predicted molar refractivity (Wildman–Crippen MR) is 68.4 cm³/mol. The van der Waals surface area contributed by atoms with E-state index in [9.17, 15) is 10.2 Å². The van der Waals surface area contributed by atoms with Crippen LogP contribution < -0.4 is 0 Å².